The molecule has 5 rings (SSSR count). The summed E-state index contributed by atoms with van der Waals surface area (Å²) in [7, 11) is 0. The molecule has 1 amide bonds. The predicted molar refractivity (Wildman–Crippen MR) is 112 cm³/mol. The van der Waals surface area contributed by atoms with Crippen molar-refractivity contribution in [2.45, 2.75) is 25.8 Å². The molecular weight excluding hydrogens is 365 g/mol. The standard InChI is InChI=1S/C24H26FN3O/c25-19-7-9-23-21(15-19)20-14-18(6-8-22(20)26-23)24(29)28-12-10-27(11-13-28)16-17-4-2-1-3-5-17/h1-5,7,9,15,18,26H,6,8,10-14,16H2. The first kappa shape index (κ1) is 18.4. The van der Waals surface area contributed by atoms with Crippen molar-refractivity contribution in [3.63, 3.8) is 0 Å². The van der Waals surface area contributed by atoms with Gasteiger partial charge in [0, 0.05) is 55.2 Å². The summed E-state index contributed by atoms with van der Waals surface area (Å²) in [4.78, 5) is 21.0. The van der Waals surface area contributed by atoms with E-state index in [1.165, 1.54) is 17.3 Å². The van der Waals surface area contributed by atoms with Crippen LogP contribution in [0.3, 0.4) is 0 Å². The van der Waals surface area contributed by atoms with Crippen LogP contribution in [0.1, 0.15) is 23.2 Å². The van der Waals surface area contributed by atoms with E-state index in [-0.39, 0.29) is 17.6 Å². The molecule has 1 N–H and O–H groups in total. The number of amides is 1. The smallest absolute Gasteiger partial charge is 0.226 e. The SMILES string of the molecule is O=C(C1CCc2[nH]c3ccc(F)cc3c2C1)N1CCN(Cc2ccccc2)CC1. The maximum Gasteiger partial charge on any atom is 0.226 e. The second-order valence-electron chi connectivity index (χ2n) is 8.30. The van der Waals surface area contributed by atoms with Crippen molar-refractivity contribution in [3.8, 4) is 0 Å². The lowest BCUT2D eigenvalue weighted by atomic mass is 9.85. The molecular formula is C24H26FN3O. The van der Waals surface area contributed by atoms with Crippen LogP contribution in [-0.2, 0) is 24.2 Å². The molecule has 1 unspecified atom stereocenters. The van der Waals surface area contributed by atoms with Crippen LogP contribution in [-0.4, -0.2) is 46.9 Å². The number of aryl methyl sites for hydroxylation is 1. The molecule has 3 aromatic rings. The zero-order valence-electron chi connectivity index (χ0n) is 16.5. The molecule has 150 valence electrons. The third-order valence-electron chi connectivity index (χ3n) is 6.43. The minimum Gasteiger partial charge on any atom is -0.358 e. The van der Waals surface area contributed by atoms with E-state index in [0.717, 1.165) is 62.0 Å². The van der Waals surface area contributed by atoms with Crippen LogP contribution in [0.15, 0.2) is 48.5 Å². The minimum atomic E-state index is -0.220. The highest BCUT2D eigenvalue weighted by Gasteiger charge is 2.31. The summed E-state index contributed by atoms with van der Waals surface area (Å²) in [6.45, 7) is 4.35. The summed E-state index contributed by atoms with van der Waals surface area (Å²) < 4.78 is 13.7. The van der Waals surface area contributed by atoms with E-state index >= 15 is 0 Å². The second kappa shape index (κ2) is 7.64. The number of piperazine rings is 1. The van der Waals surface area contributed by atoms with Gasteiger partial charge in [0.25, 0.3) is 0 Å². The van der Waals surface area contributed by atoms with Crippen LogP contribution in [0.5, 0.6) is 0 Å². The monoisotopic (exact) mass is 391 g/mol. The molecule has 0 saturated carbocycles. The first-order valence-electron chi connectivity index (χ1n) is 10.5. The normalized spacial score (nSPS) is 20.0. The van der Waals surface area contributed by atoms with Crippen LogP contribution in [0.25, 0.3) is 10.9 Å². The lowest BCUT2D eigenvalue weighted by molar-refractivity contribution is -0.137. The Morgan fingerprint density at radius 1 is 1.07 bits per heavy atom. The number of carbonyl (C=O) groups is 1. The molecule has 2 aliphatic rings. The Labute approximate surface area is 170 Å². The average molecular weight is 391 g/mol. The lowest BCUT2D eigenvalue weighted by Crippen LogP contribution is -2.50. The molecule has 1 saturated heterocycles. The number of hydrogen-bond donors (Lipinski definition) is 1. The van der Waals surface area contributed by atoms with E-state index in [4.69, 9.17) is 0 Å². The van der Waals surface area contributed by atoms with Crippen LogP contribution in [0.4, 0.5) is 4.39 Å². The lowest BCUT2D eigenvalue weighted by Gasteiger charge is -2.37. The van der Waals surface area contributed by atoms with Gasteiger partial charge in [-0.15, -0.1) is 0 Å². The van der Waals surface area contributed by atoms with Crippen molar-refractivity contribution in [2.75, 3.05) is 26.2 Å². The Balaban J connectivity index is 1.23. The first-order chi connectivity index (χ1) is 14.2. The maximum atomic E-state index is 13.7. The summed E-state index contributed by atoms with van der Waals surface area (Å²) >= 11 is 0. The summed E-state index contributed by atoms with van der Waals surface area (Å²) in [6, 6.07) is 15.4. The first-order valence-corrected chi connectivity index (χ1v) is 10.5. The molecule has 0 spiro atoms. The van der Waals surface area contributed by atoms with Crippen molar-refractivity contribution in [3.05, 3.63) is 71.2 Å². The fourth-order valence-corrected chi connectivity index (χ4v) is 4.83. The fourth-order valence-electron chi connectivity index (χ4n) is 4.83. The zero-order valence-corrected chi connectivity index (χ0v) is 16.5. The molecule has 5 heteroatoms. The van der Waals surface area contributed by atoms with E-state index in [1.807, 2.05) is 11.0 Å². The van der Waals surface area contributed by atoms with Gasteiger partial charge in [-0.05, 0) is 48.6 Å². The predicted octanol–water partition coefficient (Wildman–Crippen LogP) is 3.76. The largest absolute Gasteiger partial charge is 0.358 e. The van der Waals surface area contributed by atoms with E-state index < -0.39 is 0 Å². The van der Waals surface area contributed by atoms with Gasteiger partial charge in [-0.2, -0.15) is 0 Å². The summed E-state index contributed by atoms with van der Waals surface area (Å²) in [5.41, 5.74) is 4.59. The number of H-pyrrole nitrogens is 1. The molecule has 0 bridgehead atoms. The topological polar surface area (TPSA) is 39.3 Å². The zero-order chi connectivity index (χ0) is 19.8. The molecule has 1 aliphatic carbocycles. The van der Waals surface area contributed by atoms with Gasteiger partial charge in [0.1, 0.15) is 5.82 Å². The highest BCUT2D eigenvalue weighted by molar-refractivity contribution is 5.87. The third-order valence-corrected chi connectivity index (χ3v) is 6.43. The van der Waals surface area contributed by atoms with Gasteiger partial charge >= 0.3 is 0 Å². The van der Waals surface area contributed by atoms with Crippen LogP contribution in [0.2, 0.25) is 0 Å². The van der Waals surface area contributed by atoms with Crippen LogP contribution >= 0.6 is 0 Å². The van der Waals surface area contributed by atoms with Crippen molar-refractivity contribution in [2.24, 2.45) is 5.92 Å². The van der Waals surface area contributed by atoms with Gasteiger partial charge in [-0.3, -0.25) is 9.69 Å². The van der Waals surface area contributed by atoms with Gasteiger partial charge in [-0.1, -0.05) is 30.3 Å². The number of nitrogens with zero attached hydrogens (tertiary/aromatic N) is 2. The van der Waals surface area contributed by atoms with Crippen LogP contribution in [0, 0.1) is 11.7 Å². The number of aromatic nitrogens is 1. The summed E-state index contributed by atoms with van der Waals surface area (Å²) in [6.07, 6.45) is 2.43. The Morgan fingerprint density at radius 2 is 1.86 bits per heavy atom. The molecule has 1 atom stereocenters. The quantitative estimate of drug-likeness (QED) is 0.739. The summed E-state index contributed by atoms with van der Waals surface area (Å²) in [5.74, 6) is 0.0495. The highest BCUT2D eigenvalue weighted by Crippen LogP contribution is 2.33. The van der Waals surface area contributed by atoms with Gasteiger partial charge < -0.3 is 9.88 Å². The summed E-state index contributed by atoms with van der Waals surface area (Å²) in [5, 5.41) is 0.935. The molecule has 0 radical (unpaired) electrons. The Hall–Kier alpha value is -2.66. The van der Waals surface area contributed by atoms with Crippen molar-refractivity contribution < 1.29 is 9.18 Å². The van der Waals surface area contributed by atoms with Crippen molar-refractivity contribution in [1.82, 2.24) is 14.8 Å². The molecule has 2 aromatic carbocycles. The van der Waals surface area contributed by atoms with Crippen molar-refractivity contribution in [1.29, 1.82) is 0 Å². The molecule has 1 aliphatic heterocycles. The number of hydrogen-bond acceptors (Lipinski definition) is 2. The van der Waals surface area contributed by atoms with Gasteiger partial charge in [0.15, 0.2) is 0 Å². The van der Waals surface area contributed by atoms with Gasteiger partial charge in [-0.25, -0.2) is 4.39 Å². The Morgan fingerprint density at radius 3 is 2.66 bits per heavy atom. The highest BCUT2D eigenvalue weighted by atomic mass is 19.1. The van der Waals surface area contributed by atoms with E-state index in [1.54, 1.807) is 12.1 Å². The van der Waals surface area contributed by atoms with E-state index in [0.29, 0.717) is 6.42 Å². The molecule has 1 fully saturated rings. The number of carbonyl (C=O) groups excluding carboxylic acids is 1. The number of nitrogens with one attached hydrogen (secondary N) is 1. The van der Waals surface area contributed by atoms with E-state index in [9.17, 15) is 9.18 Å². The number of halogens is 1. The third kappa shape index (κ3) is 3.67. The Bertz CT molecular complexity index is 1020. The van der Waals surface area contributed by atoms with Gasteiger partial charge in [0.05, 0.1) is 0 Å². The number of benzene rings is 2. The van der Waals surface area contributed by atoms with Crippen LogP contribution < -0.4 is 0 Å². The van der Waals surface area contributed by atoms with Gasteiger partial charge in [0.2, 0.25) is 5.91 Å². The fraction of sp³-hybridized carbons (Fsp3) is 0.375. The maximum absolute atomic E-state index is 13.7. The molecule has 1 aromatic heterocycles. The Kier molecular flexibility index (Phi) is 4.84. The van der Waals surface area contributed by atoms with Crippen molar-refractivity contribution >= 4 is 16.8 Å². The molecule has 4 nitrogen and oxygen atoms in total. The number of aromatic amines is 1. The van der Waals surface area contributed by atoms with E-state index in [2.05, 4.69) is 34.1 Å². The second-order valence-corrected chi connectivity index (χ2v) is 8.30. The minimum absolute atomic E-state index is 0.00504. The number of fused-ring (bicyclic) bond motifs is 3. The molecule has 2 heterocycles. The molecule has 29 heavy (non-hydrogen) atoms. The number of rotatable bonds is 3. The average Bonchev–Trinajstić information content (AvgIpc) is 3.11.